The van der Waals surface area contributed by atoms with Gasteiger partial charge in [0.1, 0.15) is 0 Å². The Morgan fingerprint density at radius 1 is 1.10 bits per heavy atom. The molecule has 0 radical (unpaired) electrons. The smallest absolute Gasteiger partial charge is 0.00769 e. The van der Waals surface area contributed by atoms with Gasteiger partial charge in [-0.2, -0.15) is 25.3 Å². The van der Waals surface area contributed by atoms with Crippen LogP contribution in [-0.2, 0) is 0 Å². The molecule has 0 saturated heterocycles. The molecular weight excluding hydrogens is 164 g/mol. The number of hydrogen-bond acceptors (Lipinski definition) is 4. The summed E-state index contributed by atoms with van der Waals surface area (Å²) >= 11 is 7.57. The van der Waals surface area contributed by atoms with Crippen LogP contribution in [0.5, 0.6) is 0 Å². The summed E-state index contributed by atoms with van der Waals surface area (Å²) < 4.78 is 0. The first-order chi connectivity index (χ1) is 4.91. The summed E-state index contributed by atoms with van der Waals surface area (Å²) in [5.41, 5.74) is 0. The fourth-order valence-corrected chi connectivity index (χ4v) is 0.576. The van der Waals surface area contributed by atoms with Crippen molar-refractivity contribution in [1.82, 2.24) is 10.6 Å². The standard InChI is InChI=1S/C5H14N2S.CH4S/c1-6-2-3-7-4-5-8;1-2/h6-8H,2-5H2,1H3;2H,1H3. The summed E-state index contributed by atoms with van der Waals surface area (Å²) in [5.74, 6) is 0.920. The van der Waals surface area contributed by atoms with Crippen LogP contribution in [0.25, 0.3) is 0 Å². The van der Waals surface area contributed by atoms with Crippen LogP contribution >= 0.6 is 25.3 Å². The molecule has 0 aromatic carbocycles. The van der Waals surface area contributed by atoms with Gasteiger partial charge < -0.3 is 10.6 Å². The predicted octanol–water partition coefficient (Wildman–Crippen LogP) is 0.271. The van der Waals surface area contributed by atoms with Gasteiger partial charge >= 0.3 is 0 Å². The van der Waals surface area contributed by atoms with Crippen LogP contribution in [0.4, 0.5) is 0 Å². The van der Waals surface area contributed by atoms with Crippen molar-refractivity contribution in [3.8, 4) is 0 Å². The lowest BCUT2D eigenvalue weighted by Gasteiger charge is -1.99. The van der Waals surface area contributed by atoms with Gasteiger partial charge in [-0.05, 0) is 13.3 Å². The lowest BCUT2D eigenvalue weighted by atomic mass is 10.6. The first kappa shape index (κ1) is 13.2. The van der Waals surface area contributed by atoms with E-state index in [-0.39, 0.29) is 0 Å². The third-order valence-corrected chi connectivity index (χ3v) is 1.06. The average molecular weight is 182 g/mol. The number of likely N-dealkylation sites (N-methyl/N-ethyl adjacent to an activating group) is 1. The summed E-state index contributed by atoms with van der Waals surface area (Å²) in [6, 6.07) is 0. The third-order valence-electron chi connectivity index (χ3n) is 0.840. The van der Waals surface area contributed by atoms with E-state index >= 15 is 0 Å². The lowest BCUT2D eigenvalue weighted by Crippen LogP contribution is -2.26. The maximum Gasteiger partial charge on any atom is 0.00769 e. The zero-order chi connectivity index (χ0) is 8.24. The largest absolute Gasteiger partial charge is 0.318 e. The van der Waals surface area contributed by atoms with Crippen molar-refractivity contribution in [3.63, 3.8) is 0 Å². The molecule has 0 aromatic rings. The SMILES string of the molecule is CNCCNCCS.CS. The number of thiol groups is 2. The molecule has 0 amide bonds. The lowest BCUT2D eigenvalue weighted by molar-refractivity contribution is 0.675. The summed E-state index contributed by atoms with van der Waals surface area (Å²) in [6.45, 7) is 3.08. The van der Waals surface area contributed by atoms with Crippen molar-refractivity contribution in [2.75, 3.05) is 38.7 Å². The minimum absolute atomic E-state index is 0.920. The van der Waals surface area contributed by atoms with Gasteiger partial charge in [-0.3, -0.25) is 0 Å². The number of rotatable bonds is 5. The highest BCUT2D eigenvalue weighted by Crippen LogP contribution is 1.66. The summed E-state index contributed by atoms with van der Waals surface area (Å²) in [6.07, 6.45) is 1.69. The molecule has 0 heterocycles. The fraction of sp³-hybridized carbons (Fsp3) is 1.00. The Morgan fingerprint density at radius 2 is 1.70 bits per heavy atom. The van der Waals surface area contributed by atoms with Gasteiger partial charge in [0.15, 0.2) is 0 Å². The van der Waals surface area contributed by atoms with E-state index in [1.54, 1.807) is 6.26 Å². The Hall–Kier alpha value is 0.620. The molecule has 0 aliphatic heterocycles. The van der Waals surface area contributed by atoms with Gasteiger partial charge in [0.05, 0.1) is 0 Å². The van der Waals surface area contributed by atoms with Crippen LogP contribution in [0, 0.1) is 0 Å². The zero-order valence-corrected chi connectivity index (χ0v) is 8.51. The van der Waals surface area contributed by atoms with Crippen LogP contribution in [-0.4, -0.2) is 38.7 Å². The van der Waals surface area contributed by atoms with Crippen molar-refractivity contribution in [1.29, 1.82) is 0 Å². The highest BCUT2D eigenvalue weighted by Gasteiger charge is 1.79. The first-order valence-electron chi connectivity index (χ1n) is 3.32. The van der Waals surface area contributed by atoms with Crippen LogP contribution in [0.3, 0.4) is 0 Å². The van der Waals surface area contributed by atoms with Gasteiger partial charge in [0.25, 0.3) is 0 Å². The molecule has 0 aliphatic rings. The van der Waals surface area contributed by atoms with Gasteiger partial charge in [-0.25, -0.2) is 0 Å². The molecule has 0 rings (SSSR count). The van der Waals surface area contributed by atoms with Crippen LogP contribution in [0.15, 0.2) is 0 Å². The molecule has 0 spiro atoms. The minimum Gasteiger partial charge on any atom is -0.318 e. The third kappa shape index (κ3) is 15.8. The van der Waals surface area contributed by atoms with E-state index in [2.05, 4.69) is 35.9 Å². The number of nitrogens with one attached hydrogen (secondary N) is 2. The molecule has 0 aromatic heterocycles. The van der Waals surface area contributed by atoms with E-state index in [4.69, 9.17) is 0 Å². The molecule has 2 nitrogen and oxygen atoms in total. The highest BCUT2D eigenvalue weighted by molar-refractivity contribution is 7.80. The maximum absolute atomic E-state index is 4.04. The van der Waals surface area contributed by atoms with Crippen LogP contribution < -0.4 is 10.6 Å². The van der Waals surface area contributed by atoms with Gasteiger partial charge in [0.2, 0.25) is 0 Å². The second-order valence-corrected chi connectivity index (χ2v) is 2.02. The quantitative estimate of drug-likeness (QED) is 0.362. The van der Waals surface area contributed by atoms with Crippen molar-refractivity contribution in [2.24, 2.45) is 0 Å². The molecule has 2 N–H and O–H groups in total. The Labute approximate surface area is 75.0 Å². The van der Waals surface area contributed by atoms with Crippen molar-refractivity contribution < 1.29 is 0 Å². The number of hydrogen-bond donors (Lipinski definition) is 4. The van der Waals surface area contributed by atoms with Gasteiger partial charge in [-0.15, -0.1) is 0 Å². The van der Waals surface area contributed by atoms with Crippen molar-refractivity contribution in [2.45, 2.75) is 0 Å². The van der Waals surface area contributed by atoms with E-state index in [1.807, 2.05) is 7.05 Å². The molecule has 0 fully saturated rings. The van der Waals surface area contributed by atoms with E-state index in [1.165, 1.54) is 0 Å². The van der Waals surface area contributed by atoms with E-state index in [9.17, 15) is 0 Å². The zero-order valence-electron chi connectivity index (χ0n) is 6.72. The molecule has 4 heteroatoms. The molecule has 0 saturated carbocycles. The summed E-state index contributed by atoms with van der Waals surface area (Å²) in [7, 11) is 1.95. The maximum atomic E-state index is 4.04. The van der Waals surface area contributed by atoms with Crippen LogP contribution in [0.2, 0.25) is 0 Å². The Morgan fingerprint density at radius 3 is 2.10 bits per heavy atom. The van der Waals surface area contributed by atoms with Crippen molar-refractivity contribution in [3.05, 3.63) is 0 Å². The van der Waals surface area contributed by atoms with E-state index in [0.29, 0.717) is 0 Å². The van der Waals surface area contributed by atoms with Gasteiger partial charge in [-0.1, -0.05) is 0 Å². The van der Waals surface area contributed by atoms with Gasteiger partial charge in [0, 0.05) is 25.4 Å². The van der Waals surface area contributed by atoms with Crippen molar-refractivity contribution >= 4 is 25.3 Å². The fourth-order valence-electron chi connectivity index (χ4n) is 0.417. The first-order valence-corrected chi connectivity index (χ1v) is 4.85. The van der Waals surface area contributed by atoms with E-state index < -0.39 is 0 Å². The molecule has 0 atom stereocenters. The molecule has 0 bridgehead atoms. The topological polar surface area (TPSA) is 24.1 Å². The second kappa shape index (κ2) is 16.3. The summed E-state index contributed by atoms with van der Waals surface area (Å²) in [4.78, 5) is 0. The average Bonchev–Trinajstić information content (AvgIpc) is 2.02. The molecular formula is C6H18N2S2. The molecule has 64 valence electrons. The van der Waals surface area contributed by atoms with Crippen LogP contribution in [0.1, 0.15) is 0 Å². The Kier molecular flexibility index (Phi) is 21.6. The minimum atomic E-state index is 0.920. The monoisotopic (exact) mass is 182 g/mol. The molecule has 10 heavy (non-hydrogen) atoms. The molecule has 0 aliphatic carbocycles. The molecule has 0 unspecified atom stereocenters. The predicted molar refractivity (Wildman–Crippen MR) is 55.6 cm³/mol. The Balaban J connectivity index is 0. The normalized spacial score (nSPS) is 8.40. The second-order valence-electron chi connectivity index (χ2n) is 1.58. The Bertz CT molecular complexity index is 38.7. The highest BCUT2D eigenvalue weighted by atomic mass is 32.1. The summed E-state index contributed by atoms with van der Waals surface area (Å²) in [5, 5.41) is 6.24. The van der Waals surface area contributed by atoms with E-state index in [0.717, 1.165) is 25.4 Å².